The molecule has 0 aliphatic carbocycles. The van der Waals surface area contributed by atoms with E-state index in [9.17, 15) is 0 Å². The summed E-state index contributed by atoms with van der Waals surface area (Å²) in [4.78, 5) is 0. The third-order valence-corrected chi connectivity index (χ3v) is 3.38. The smallest absolute Gasteiger partial charge is 0.119 e. The van der Waals surface area contributed by atoms with Crippen molar-refractivity contribution in [3.8, 4) is 5.75 Å². The van der Waals surface area contributed by atoms with E-state index in [0.29, 0.717) is 0 Å². The summed E-state index contributed by atoms with van der Waals surface area (Å²) in [7, 11) is 0. The minimum Gasteiger partial charge on any atom is -0.491 e. The standard InChI is InChI=1S/C18H22ClNO/c1-14(2)21-18-9-5-16(6-10-18)13-20-12-11-15-3-7-17(19)8-4-15/h3-10,14,20H,11-13H2,1-2H3. The van der Waals surface area contributed by atoms with Crippen molar-refractivity contribution in [2.75, 3.05) is 6.54 Å². The van der Waals surface area contributed by atoms with Gasteiger partial charge < -0.3 is 10.1 Å². The highest BCUT2D eigenvalue weighted by Crippen LogP contribution is 2.14. The van der Waals surface area contributed by atoms with Gasteiger partial charge in [0.15, 0.2) is 0 Å². The molecule has 21 heavy (non-hydrogen) atoms. The molecule has 1 N–H and O–H groups in total. The summed E-state index contributed by atoms with van der Waals surface area (Å²) in [5.41, 5.74) is 2.56. The van der Waals surface area contributed by atoms with Crippen LogP contribution >= 0.6 is 11.6 Å². The normalized spacial score (nSPS) is 10.9. The van der Waals surface area contributed by atoms with Crippen molar-refractivity contribution in [2.45, 2.75) is 32.9 Å². The summed E-state index contributed by atoms with van der Waals surface area (Å²) in [6.45, 7) is 5.89. The molecule has 0 atom stereocenters. The second-order valence-corrected chi connectivity index (χ2v) is 5.80. The summed E-state index contributed by atoms with van der Waals surface area (Å²) in [6.07, 6.45) is 1.22. The number of rotatable bonds is 7. The van der Waals surface area contributed by atoms with E-state index in [2.05, 4.69) is 29.6 Å². The van der Waals surface area contributed by atoms with Crippen LogP contribution < -0.4 is 10.1 Å². The molecule has 0 aliphatic heterocycles. The summed E-state index contributed by atoms with van der Waals surface area (Å²) in [6, 6.07) is 16.3. The molecule has 2 aromatic carbocycles. The van der Waals surface area contributed by atoms with E-state index in [4.69, 9.17) is 16.3 Å². The van der Waals surface area contributed by atoms with Crippen molar-refractivity contribution in [3.05, 3.63) is 64.7 Å². The Balaban J connectivity index is 1.72. The predicted octanol–water partition coefficient (Wildman–Crippen LogP) is 4.46. The van der Waals surface area contributed by atoms with Gasteiger partial charge >= 0.3 is 0 Å². The molecule has 2 rings (SSSR count). The highest BCUT2D eigenvalue weighted by Gasteiger charge is 1.98. The van der Waals surface area contributed by atoms with Gasteiger partial charge in [0.2, 0.25) is 0 Å². The van der Waals surface area contributed by atoms with Gasteiger partial charge in [0.1, 0.15) is 5.75 Å². The van der Waals surface area contributed by atoms with E-state index in [1.807, 2.05) is 38.1 Å². The molecule has 0 radical (unpaired) electrons. The molecule has 0 fully saturated rings. The number of hydrogen-bond acceptors (Lipinski definition) is 2. The van der Waals surface area contributed by atoms with E-state index in [0.717, 1.165) is 30.3 Å². The Kier molecular flexibility index (Phi) is 6.09. The SMILES string of the molecule is CC(C)Oc1ccc(CNCCc2ccc(Cl)cc2)cc1. The van der Waals surface area contributed by atoms with Crippen LogP contribution in [0.2, 0.25) is 5.02 Å². The van der Waals surface area contributed by atoms with Gasteiger partial charge in [-0.1, -0.05) is 35.9 Å². The Morgan fingerprint density at radius 2 is 1.57 bits per heavy atom. The molecule has 2 nitrogen and oxygen atoms in total. The second kappa shape index (κ2) is 8.06. The molecule has 3 heteroatoms. The first-order valence-electron chi connectivity index (χ1n) is 7.34. The van der Waals surface area contributed by atoms with Gasteiger partial charge in [-0.05, 0) is 62.2 Å². The largest absolute Gasteiger partial charge is 0.491 e. The topological polar surface area (TPSA) is 21.3 Å². The zero-order valence-corrected chi connectivity index (χ0v) is 13.4. The third-order valence-electron chi connectivity index (χ3n) is 3.13. The van der Waals surface area contributed by atoms with E-state index in [1.165, 1.54) is 11.1 Å². The monoisotopic (exact) mass is 303 g/mol. The summed E-state index contributed by atoms with van der Waals surface area (Å²) < 4.78 is 5.63. The fourth-order valence-electron chi connectivity index (χ4n) is 2.07. The molecule has 0 saturated carbocycles. The first-order valence-corrected chi connectivity index (χ1v) is 7.72. The van der Waals surface area contributed by atoms with Crippen LogP contribution in [0.1, 0.15) is 25.0 Å². The molecule has 0 bridgehead atoms. The van der Waals surface area contributed by atoms with E-state index >= 15 is 0 Å². The zero-order valence-electron chi connectivity index (χ0n) is 12.6. The molecule has 0 aromatic heterocycles. The molecule has 0 spiro atoms. The molecular weight excluding hydrogens is 282 g/mol. The Morgan fingerprint density at radius 3 is 2.19 bits per heavy atom. The Bertz CT molecular complexity index is 534. The summed E-state index contributed by atoms with van der Waals surface area (Å²) in [5, 5.41) is 4.24. The first kappa shape index (κ1) is 15.9. The lowest BCUT2D eigenvalue weighted by atomic mass is 10.1. The van der Waals surface area contributed by atoms with Crippen LogP contribution in [0.15, 0.2) is 48.5 Å². The minimum absolute atomic E-state index is 0.216. The summed E-state index contributed by atoms with van der Waals surface area (Å²) in [5.74, 6) is 0.926. The average molecular weight is 304 g/mol. The highest BCUT2D eigenvalue weighted by atomic mass is 35.5. The summed E-state index contributed by atoms with van der Waals surface area (Å²) >= 11 is 5.87. The molecule has 0 amide bonds. The van der Waals surface area contributed by atoms with Crippen molar-refractivity contribution >= 4 is 11.6 Å². The zero-order chi connectivity index (χ0) is 15.1. The van der Waals surface area contributed by atoms with Crippen molar-refractivity contribution in [2.24, 2.45) is 0 Å². The van der Waals surface area contributed by atoms with Gasteiger partial charge in [-0.25, -0.2) is 0 Å². The quantitative estimate of drug-likeness (QED) is 0.763. The molecular formula is C18H22ClNO. The molecule has 0 heterocycles. The van der Waals surface area contributed by atoms with Gasteiger partial charge in [-0.2, -0.15) is 0 Å². The molecule has 0 aliphatic rings. The van der Waals surface area contributed by atoms with Gasteiger partial charge in [0, 0.05) is 11.6 Å². The van der Waals surface area contributed by atoms with Crippen molar-refractivity contribution in [1.29, 1.82) is 0 Å². The maximum Gasteiger partial charge on any atom is 0.119 e. The molecule has 2 aromatic rings. The fourth-order valence-corrected chi connectivity index (χ4v) is 2.20. The van der Waals surface area contributed by atoms with Gasteiger partial charge in [-0.15, -0.1) is 0 Å². The van der Waals surface area contributed by atoms with Crippen LogP contribution in [-0.4, -0.2) is 12.6 Å². The van der Waals surface area contributed by atoms with E-state index < -0.39 is 0 Å². The Labute approximate surface area is 132 Å². The third kappa shape index (κ3) is 5.78. The van der Waals surface area contributed by atoms with Crippen LogP contribution in [0, 0.1) is 0 Å². The van der Waals surface area contributed by atoms with Crippen molar-refractivity contribution < 1.29 is 4.74 Å². The lowest BCUT2D eigenvalue weighted by molar-refractivity contribution is 0.242. The maximum atomic E-state index is 5.87. The number of benzene rings is 2. The van der Waals surface area contributed by atoms with Crippen molar-refractivity contribution in [1.82, 2.24) is 5.32 Å². The van der Waals surface area contributed by atoms with Gasteiger partial charge in [-0.3, -0.25) is 0 Å². The van der Waals surface area contributed by atoms with Crippen LogP contribution in [0.25, 0.3) is 0 Å². The number of halogens is 1. The van der Waals surface area contributed by atoms with Crippen molar-refractivity contribution in [3.63, 3.8) is 0 Å². The van der Waals surface area contributed by atoms with E-state index in [1.54, 1.807) is 0 Å². The lowest BCUT2D eigenvalue weighted by Gasteiger charge is -2.10. The van der Waals surface area contributed by atoms with Crippen LogP contribution in [0.3, 0.4) is 0 Å². The van der Waals surface area contributed by atoms with Gasteiger partial charge in [0.25, 0.3) is 0 Å². The predicted molar refractivity (Wildman–Crippen MR) is 89.1 cm³/mol. The minimum atomic E-state index is 0.216. The Morgan fingerprint density at radius 1 is 0.952 bits per heavy atom. The van der Waals surface area contributed by atoms with Crippen LogP contribution in [0.5, 0.6) is 5.75 Å². The van der Waals surface area contributed by atoms with E-state index in [-0.39, 0.29) is 6.10 Å². The van der Waals surface area contributed by atoms with Crippen LogP contribution in [0.4, 0.5) is 0 Å². The second-order valence-electron chi connectivity index (χ2n) is 5.36. The number of nitrogens with one attached hydrogen (secondary N) is 1. The lowest BCUT2D eigenvalue weighted by Crippen LogP contribution is -2.16. The highest BCUT2D eigenvalue weighted by molar-refractivity contribution is 6.30. The molecule has 112 valence electrons. The number of hydrogen-bond donors (Lipinski definition) is 1. The maximum absolute atomic E-state index is 5.87. The fraction of sp³-hybridized carbons (Fsp3) is 0.333. The molecule has 0 saturated heterocycles. The Hall–Kier alpha value is -1.51. The van der Waals surface area contributed by atoms with Crippen LogP contribution in [-0.2, 0) is 13.0 Å². The van der Waals surface area contributed by atoms with Gasteiger partial charge in [0.05, 0.1) is 6.10 Å². The first-order chi connectivity index (χ1) is 10.1. The molecule has 0 unspecified atom stereocenters. The number of ether oxygens (including phenoxy) is 1. The average Bonchev–Trinajstić information content (AvgIpc) is 2.46.